The van der Waals surface area contributed by atoms with E-state index in [4.69, 9.17) is 11.6 Å². The van der Waals surface area contributed by atoms with E-state index in [1.54, 1.807) is 17.8 Å². The number of nitrogens with one attached hydrogen (secondary N) is 1. The summed E-state index contributed by atoms with van der Waals surface area (Å²) in [6, 6.07) is 14.7. The van der Waals surface area contributed by atoms with E-state index in [9.17, 15) is 4.39 Å². The van der Waals surface area contributed by atoms with E-state index in [2.05, 4.69) is 12.2 Å². The Bertz CT molecular complexity index is 576. The standard InChI is InChI=1S/C17H19ClFNS/c1-2-11-20-16(13-7-3-5-9-15(13)19)12-21-17-10-6-4-8-14(17)18/h3-10,16,20H,2,11-12H2,1H3. The number of rotatable bonds is 7. The van der Waals surface area contributed by atoms with Crippen LogP contribution in [-0.4, -0.2) is 12.3 Å². The van der Waals surface area contributed by atoms with Crippen molar-refractivity contribution in [1.82, 2.24) is 5.32 Å². The molecule has 2 aromatic rings. The van der Waals surface area contributed by atoms with E-state index < -0.39 is 0 Å². The molecule has 0 amide bonds. The Hall–Kier alpha value is -1.03. The first kappa shape index (κ1) is 16.3. The average Bonchev–Trinajstić information content (AvgIpc) is 2.50. The van der Waals surface area contributed by atoms with E-state index in [0.29, 0.717) is 5.56 Å². The van der Waals surface area contributed by atoms with Crippen LogP contribution in [0.15, 0.2) is 53.4 Å². The molecule has 0 spiro atoms. The van der Waals surface area contributed by atoms with Gasteiger partial charge in [0.1, 0.15) is 5.82 Å². The average molecular weight is 324 g/mol. The Labute approximate surface area is 134 Å². The number of thioether (sulfide) groups is 1. The van der Waals surface area contributed by atoms with Crippen LogP contribution in [0.5, 0.6) is 0 Å². The monoisotopic (exact) mass is 323 g/mol. The Kier molecular flexibility index (Phi) is 6.55. The molecule has 0 aliphatic heterocycles. The predicted molar refractivity (Wildman–Crippen MR) is 89.6 cm³/mol. The van der Waals surface area contributed by atoms with Crippen LogP contribution in [0.25, 0.3) is 0 Å². The van der Waals surface area contributed by atoms with Crippen molar-refractivity contribution in [3.05, 3.63) is 64.9 Å². The minimum Gasteiger partial charge on any atom is -0.309 e. The molecule has 1 atom stereocenters. The van der Waals surface area contributed by atoms with Crippen molar-refractivity contribution in [2.45, 2.75) is 24.3 Å². The molecular weight excluding hydrogens is 305 g/mol. The molecule has 0 aliphatic rings. The highest BCUT2D eigenvalue weighted by molar-refractivity contribution is 7.99. The van der Waals surface area contributed by atoms with Gasteiger partial charge in [-0.1, -0.05) is 48.9 Å². The van der Waals surface area contributed by atoms with Gasteiger partial charge in [0.15, 0.2) is 0 Å². The molecule has 112 valence electrons. The predicted octanol–water partition coefficient (Wildman–Crippen LogP) is 5.31. The third-order valence-corrected chi connectivity index (χ3v) is 4.77. The van der Waals surface area contributed by atoms with Gasteiger partial charge in [-0.25, -0.2) is 4.39 Å². The topological polar surface area (TPSA) is 12.0 Å². The number of hydrogen-bond acceptors (Lipinski definition) is 2. The van der Waals surface area contributed by atoms with Crippen LogP contribution in [0.2, 0.25) is 5.02 Å². The number of hydrogen-bond donors (Lipinski definition) is 1. The van der Waals surface area contributed by atoms with Crippen molar-refractivity contribution < 1.29 is 4.39 Å². The summed E-state index contributed by atoms with van der Waals surface area (Å²) >= 11 is 7.82. The lowest BCUT2D eigenvalue weighted by Gasteiger charge is -2.19. The fourth-order valence-electron chi connectivity index (χ4n) is 2.07. The van der Waals surface area contributed by atoms with Crippen LogP contribution in [0.4, 0.5) is 4.39 Å². The first-order chi connectivity index (χ1) is 10.2. The number of benzene rings is 2. The fraction of sp³-hybridized carbons (Fsp3) is 0.294. The molecule has 21 heavy (non-hydrogen) atoms. The Morgan fingerprint density at radius 3 is 2.57 bits per heavy atom. The lowest BCUT2D eigenvalue weighted by molar-refractivity contribution is 0.532. The largest absolute Gasteiger partial charge is 0.309 e. The van der Waals surface area contributed by atoms with Crippen molar-refractivity contribution in [2.24, 2.45) is 0 Å². The van der Waals surface area contributed by atoms with E-state index in [0.717, 1.165) is 28.6 Å². The molecule has 0 saturated heterocycles. The zero-order valence-corrected chi connectivity index (χ0v) is 13.6. The molecule has 1 N–H and O–H groups in total. The van der Waals surface area contributed by atoms with Crippen molar-refractivity contribution in [2.75, 3.05) is 12.3 Å². The minimum atomic E-state index is -0.161. The molecule has 4 heteroatoms. The normalized spacial score (nSPS) is 12.3. The number of halogens is 2. The van der Waals surface area contributed by atoms with Gasteiger partial charge in [-0.15, -0.1) is 11.8 Å². The van der Waals surface area contributed by atoms with Crippen molar-refractivity contribution in [3.8, 4) is 0 Å². The zero-order chi connectivity index (χ0) is 15.1. The summed E-state index contributed by atoms with van der Waals surface area (Å²) < 4.78 is 14.0. The van der Waals surface area contributed by atoms with Gasteiger partial charge in [-0.3, -0.25) is 0 Å². The molecule has 0 bridgehead atoms. The second-order valence-corrected chi connectivity index (χ2v) is 6.24. The van der Waals surface area contributed by atoms with Gasteiger partial charge in [-0.05, 0) is 31.2 Å². The highest BCUT2D eigenvalue weighted by Gasteiger charge is 2.15. The summed E-state index contributed by atoms with van der Waals surface area (Å²) in [7, 11) is 0. The molecule has 0 heterocycles. The van der Waals surface area contributed by atoms with Gasteiger partial charge in [0, 0.05) is 22.3 Å². The zero-order valence-electron chi connectivity index (χ0n) is 12.0. The van der Waals surface area contributed by atoms with Crippen LogP contribution in [0.3, 0.4) is 0 Å². The highest BCUT2D eigenvalue weighted by atomic mass is 35.5. The van der Waals surface area contributed by atoms with Crippen LogP contribution >= 0.6 is 23.4 Å². The van der Waals surface area contributed by atoms with Crippen LogP contribution in [0.1, 0.15) is 24.9 Å². The quantitative estimate of drug-likeness (QED) is 0.693. The summed E-state index contributed by atoms with van der Waals surface area (Å²) in [6.45, 7) is 2.97. The molecule has 0 aliphatic carbocycles. The molecule has 2 rings (SSSR count). The van der Waals surface area contributed by atoms with E-state index in [-0.39, 0.29) is 11.9 Å². The van der Waals surface area contributed by atoms with E-state index >= 15 is 0 Å². The third kappa shape index (κ3) is 4.73. The van der Waals surface area contributed by atoms with Crippen molar-refractivity contribution >= 4 is 23.4 Å². The molecular formula is C17H19ClFNS. The van der Waals surface area contributed by atoms with Crippen LogP contribution in [-0.2, 0) is 0 Å². The molecule has 0 fully saturated rings. The van der Waals surface area contributed by atoms with Crippen LogP contribution < -0.4 is 5.32 Å². The second-order valence-electron chi connectivity index (χ2n) is 4.77. The maximum atomic E-state index is 14.0. The summed E-state index contributed by atoms with van der Waals surface area (Å²) in [4.78, 5) is 1.03. The molecule has 0 aromatic heterocycles. The van der Waals surface area contributed by atoms with Gasteiger partial charge >= 0.3 is 0 Å². The van der Waals surface area contributed by atoms with Gasteiger partial charge in [0.25, 0.3) is 0 Å². The van der Waals surface area contributed by atoms with Crippen molar-refractivity contribution in [3.63, 3.8) is 0 Å². The first-order valence-electron chi connectivity index (χ1n) is 7.07. The smallest absolute Gasteiger partial charge is 0.128 e. The minimum absolute atomic E-state index is 0.0209. The Balaban J connectivity index is 2.10. The fourth-order valence-corrected chi connectivity index (χ4v) is 3.39. The second kappa shape index (κ2) is 8.42. The molecule has 2 aromatic carbocycles. The lowest BCUT2D eigenvalue weighted by atomic mass is 10.1. The molecule has 0 radical (unpaired) electrons. The van der Waals surface area contributed by atoms with E-state index in [1.807, 2.05) is 36.4 Å². The van der Waals surface area contributed by atoms with Gasteiger partial charge < -0.3 is 5.32 Å². The maximum Gasteiger partial charge on any atom is 0.128 e. The summed E-state index contributed by atoms with van der Waals surface area (Å²) in [5.74, 6) is 0.580. The molecule has 1 nitrogen and oxygen atoms in total. The summed E-state index contributed by atoms with van der Waals surface area (Å²) in [5.41, 5.74) is 0.713. The maximum absolute atomic E-state index is 14.0. The summed E-state index contributed by atoms with van der Waals surface area (Å²) in [5, 5.41) is 4.15. The van der Waals surface area contributed by atoms with Gasteiger partial charge in [0.05, 0.1) is 5.02 Å². The SMILES string of the molecule is CCCNC(CSc1ccccc1Cl)c1ccccc1F. The van der Waals surface area contributed by atoms with Crippen LogP contribution in [0, 0.1) is 5.82 Å². The molecule has 0 saturated carbocycles. The van der Waals surface area contributed by atoms with Gasteiger partial charge in [-0.2, -0.15) is 0 Å². The molecule has 1 unspecified atom stereocenters. The van der Waals surface area contributed by atoms with E-state index in [1.165, 1.54) is 6.07 Å². The van der Waals surface area contributed by atoms with Gasteiger partial charge in [0.2, 0.25) is 0 Å². The Morgan fingerprint density at radius 2 is 1.86 bits per heavy atom. The summed E-state index contributed by atoms with van der Waals surface area (Å²) in [6.07, 6.45) is 1.02. The first-order valence-corrected chi connectivity index (χ1v) is 8.44. The lowest BCUT2D eigenvalue weighted by Crippen LogP contribution is -2.25. The van der Waals surface area contributed by atoms with Crippen molar-refractivity contribution in [1.29, 1.82) is 0 Å². The highest BCUT2D eigenvalue weighted by Crippen LogP contribution is 2.30. The Morgan fingerprint density at radius 1 is 1.14 bits per heavy atom. The third-order valence-electron chi connectivity index (χ3n) is 3.16.